The summed E-state index contributed by atoms with van der Waals surface area (Å²) in [6.07, 6.45) is 0. The number of hydrogen-bond acceptors (Lipinski definition) is 4. The first kappa shape index (κ1) is 14.0. The van der Waals surface area contributed by atoms with Crippen molar-refractivity contribution in [2.24, 2.45) is 0 Å². The Balaban J connectivity index is 2.40. The molecule has 21 heavy (non-hydrogen) atoms. The first-order chi connectivity index (χ1) is 10.0. The molecule has 0 spiro atoms. The Kier molecular flexibility index (Phi) is 3.43. The minimum atomic E-state index is -0.0937. The Morgan fingerprint density at radius 2 is 2.10 bits per heavy atom. The second kappa shape index (κ2) is 5.13. The van der Waals surface area contributed by atoms with Gasteiger partial charge in [0.15, 0.2) is 4.77 Å². The molecule has 0 saturated heterocycles. The van der Waals surface area contributed by atoms with Gasteiger partial charge in [-0.05, 0) is 43.8 Å². The van der Waals surface area contributed by atoms with E-state index < -0.39 is 0 Å². The van der Waals surface area contributed by atoms with E-state index in [-0.39, 0.29) is 5.56 Å². The van der Waals surface area contributed by atoms with Crippen LogP contribution >= 0.6 is 23.6 Å². The molecule has 0 fully saturated rings. The van der Waals surface area contributed by atoms with Gasteiger partial charge in [0.1, 0.15) is 10.6 Å². The van der Waals surface area contributed by atoms with Gasteiger partial charge in [0.2, 0.25) is 0 Å². The molecule has 0 amide bonds. The van der Waals surface area contributed by atoms with Crippen LogP contribution in [0.5, 0.6) is 5.75 Å². The van der Waals surface area contributed by atoms with Crippen molar-refractivity contribution in [2.75, 3.05) is 7.11 Å². The number of nitrogens with zero attached hydrogens (tertiary/aromatic N) is 1. The molecular formula is C15H14N2O2S2. The average molecular weight is 318 g/mol. The number of benzene rings is 1. The molecule has 1 aromatic carbocycles. The molecule has 4 nitrogen and oxygen atoms in total. The van der Waals surface area contributed by atoms with Crippen LogP contribution in [0.3, 0.4) is 0 Å². The fourth-order valence-corrected chi connectivity index (χ4v) is 3.72. The van der Waals surface area contributed by atoms with Crippen LogP contribution in [0.4, 0.5) is 0 Å². The van der Waals surface area contributed by atoms with Crippen LogP contribution in [0.25, 0.3) is 15.9 Å². The van der Waals surface area contributed by atoms with E-state index in [9.17, 15) is 4.79 Å². The summed E-state index contributed by atoms with van der Waals surface area (Å²) in [5.41, 5.74) is 1.61. The third-order valence-corrected chi connectivity index (χ3v) is 4.94. The fourth-order valence-electron chi connectivity index (χ4n) is 2.31. The van der Waals surface area contributed by atoms with Gasteiger partial charge in [-0.15, -0.1) is 11.3 Å². The van der Waals surface area contributed by atoms with Crippen molar-refractivity contribution in [2.45, 2.75) is 13.8 Å². The highest BCUT2D eigenvalue weighted by Crippen LogP contribution is 2.26. The lowest BCUT2D eigenvalue weighted by Gasteiger charge is -2.08. The Hall–Kier alpha value is -1.92. The van der Waals surface area contributed by atoms with Crippen LogP contribution in [0, 0.1) is 18.6 Å². The second-order valence-corrected chi connectivity index (χ2v) is 6.37. The zero-order chi connectivity index (χ0) is 15.1. The van der Waals surface area contributed by atoms with Crippen molar-refractivity contribution in [1.29, 1.82) is 0 Å². The predicted octanol–water partition coefficient (Wildman–Crippen LogP) is 3.74. The molecule has 0 atom stereocenters. The number of ether oxygens (including phenoxy) is 1. The number of rotatable bonds is 2. The quantitative estimate of drug-likeness (QED) is 0.732. The lowest BCUT2D eigenvalue weighted by Crippen LogP contribution is -2.20. The second-order valence-electron chi connectivity index (χ2n) is 4.76. The van der Waals surface area contributed by atoms with E-state index >= 15 is 0 Å². The number of hydrogen-bond donors (Lipinski definition) is 1. The van der Waals surface area contributed by atoms with E-state index in [0.29, 0.717) is 21.6 Å². The Labute approximate surface area is 130 Å². The van der Waals surface area contributed by atoms with E-state index in [1.54, 1.807) is 24.5 Å². The first-order valence-electron chi connectivity index (χ1n) is 6.42. The average Bonchev–Trinajstić information content (AvgIpc) is 2.74. The Morgan fingerprint density at radius 1 is 1.33 bits per heavy atom. The lowest BCUT2D eigenvalue weighted by molar-refractivity contribution is 0.414. The summed E-state index contributed by atoms with van der Waals surface area (Å²) in [5, 5.41) is 0.703. The number of H-pyrrole nitrogens is 1. The van der Waals surface area contributed by atoms with Crippen molar-refractivity contribution in [1.82, 2.24) is 9.55 Å². The molecule has 0 aliphatic carbocycles. The first-order valence-corrected chi connectivity index (χ1v) is 7.65. The van der Waals surface area contributed by atoms with Crippen molar-refractivity contribution < 1.29 is 4.74 Å². The highest BCUT2D eigenvalue weighted by atomic mass is 32.1. The van der Waals surface area contributed by atoms with Gasteiger partial charge in [-0.1, -0.05) is 6.07 Å². The summed E-state index contributed by atoms with van der Waals surface area (Å²) < 4.78 is 7.12. The summed E-state index contributed by atoms with van der Waals surface area (Å²) in [6, 6.07) is 7.31. The SMILES string of the molecule is COc1cccc(-n2c(=S)[nH]c3sc(C)c(C)c3c2=O)c1. The summed E-state index contributed by atoms with van der Waals surface area (Å²) in [4.78, 5) is 17.9. The van der Waals surface area contributed by atoms with Crippen LogP contribution in [-0.4, -0.2) is 16.7 Å². The van der Waals surface area contributed by atoms with E-state index in [0.717, 1.165) is 15.3 Å². The topological polar surface area (TPSA) is 47.0 Å². The van der Waals surface area contributed by atoms with E-state index in [1.807, 2.05) is 32.0 Å². The minimum absolute atomic E-state index is 0.0937. The van der Waals surface area contributed by atoms with Gasteiger partial charge >= 0.3 is 0 Å². The zero-order valence-corrected chi connectivity index (χ0v) is 13.5. The van der Waals surface area contributed by atoms with Gasteiger partial charge in [0.05, 0.1) is 18.2 Å². The van der Waals surface area contributed by atoms with Gasteiger partial charge in [-0.2, -0.15) is 0 Å². The lowest BCUT2D eigenvalue weighted by atomic mass is 10.2. The standard InChI is InChI=1S/C15H14N2O2S2/c1-8-9(2)21-13-12(8)14(18)17(15(20)16-13)10-5-4-6-11(7-10)19-3/h4-7H,1-3H3,(H,16,20). The molecule has 108 valence electrons. The van der Waals surface area contributed by atoms with E-state index in [2.05, 4.69) is 4.98 Å². The van der Waals surface area contributed by atoms with Gasteiger partial charge in [0, 0.05) is 10.9 Å². The number of methoxy groups -OCH3 is 1. The zero-order valence-electron chi connectivity index (χ0n) is 11.9. The molecular weight excluding hydrogens is 304 g/mol. The van der Waals surface area contributed by atoms with Crippen LogP contribution in [-0.2, 0) is 0 Å². The molecule has 2 aromatic heterocycles. The monoisotopic (exact) mass is 318 g/mol. The smallest absolute Gasteiger partial charge is 0.267 e. The summed E-state index contributed by atoms with van der Waals surface area (Å²) in [7, 11) is 1.60. The van der Waals surface area contributed by atoms with Crippen molar-refractivity contribution >= 4 is 33.8 Å². The van der Waals surface area contributed by atoms with Crippen LogP contribution in [0.1, 0.15) is 10.4 Å². The third-order valence-electron chi connectivity index (χ3n) is 3.54. The normalized spacial score (nSPS) is 11.0. The van der Waals surface area contributed by atoms with Gasteiger partial charge in [-0.25, -0.2) is 0 Å². The molecule has 3 aromatic rings. The predicted molar refractivity (Wildman–Crippen MR) is 88.6 cm³/mol. The highest BCUT2D eigenvalue weighted by molar-refractivity contribution is 7.71. The number of aromatic nitrogens is 2. The maximum absolute atomic E-state index is 12.8. The van der Waals surface area contributed by atoms with Gasteiger partial charge in [0.25, 0.3) is 5.56 Å². The van der Waals surface area contributed by atoms with Crippen LogP contribution < -0.4 is 10.3 Å². The summed E-state index contributed by atoms with van der Waals surface area (Å²) in [6.45, 7) is 3.97. The largest absolute Gasteiger partial charge is 0.497 e. The van der Waals surface area contributed by atoms with Crippen LogP contribution in [0.2, 0.25) is 0 Å². The molecule has 0 unspecified atom stereocenters. The van der Waals surface area contributed by atoms with E-state index in [4.69, 9.17) is 17.0 Å². The number of nitrogens with one attached hydrogen (secondary N) is 1. The highest BCUT2D eigenvalue weighted by Gasteiger charge is 2.14. The molecule has 0 radical (unpaired) electrons. The maximum atomic E-state index is 12.8. The molecule has 0 saturated carbocycles. The number of fused-ring (bicyclic) bond motifs is 1. The maximum Gasteiger partial charge on any atom is 0.267 e. The number of thiophene rings is 1. The molecule has 2 heterocycles. The Bertz CT molecular complexity index is 950. The molecule has 0 aliphatic rings. The molecule has 0 aliphatic heterocycles. The van der Waals surface area contributed by atoms with Crippen molar-refractivity contribution in [3.63, 3.8) is 0 Å². The van der Waals surface area contributed by atoms with Gasteiger partial charge in [-0.3, -0.25) is 9.36 Å². The summed E-state index contributed by atoms with van der Waals surface area (Å²) >= 11 is 6.91. The number of aryl methyl sites for hydroxylation is 2. The molecule has 0 bridgehead atoms. The van der Waals surface area contributed by atoms with Crippen molar-refractivity contribution in [3.8, 4) is 11.4 Å². The number of aromatic amines is 1. The Morgan fingerprint density at radius 3 is 2.81 bits per heavy atom. The molecule has 3 rings (SSSR count). The molecule has 6 heteroatoms. The van der Waals surface area contributed by atoms with Gasteiger partial charge < -0.3 is 9.72 Å². The third kappa shape index (κ3) is 2.20. The fraction of sp³-hybridized carbons (Fsp3) is 0.200. The van der Waals surface area contributed by atoms with E-state index in [1.165, 1.54) is 4.57 Å². The van der Waals surface area contributed by atoms with Crippen molar-refractivity contribution in [3.05, 3.63) is 49.8 Å². The summed E-state index contributed by atoms with van der Waals surface area (Å²) in [5.74, 6) is 0.687. The van der Waals surface area contributed by atoms with Crippen LogP contribution in [0.15, 0.2) is 29.1 Å². The minimum Gasteiger partial charge on any atom is -0.497 e. The molecule has 1 N–H and O–H groups in total.